The highest BCUT2D eigenvalue weighted by Gasteiger charge is 2.33. The Morgan fingerprint density at radius 1 is 1.40 bits per heavy atom. The summed E-state index contributed by atoms with van der Waals surface area (Å²) in [5, 5.41) is 9.30. The van der Waals surface area contributed by atoms with Crippen molar-refractivity contribution in [2.45, 2.75) is 25.4 Å². The van der Waals surface area contributed by atoms with Gasteiger partial charge >= 0.3 is 5.97 Å². The van der Waals surface area contributed by atoms with Crippen molar-refractivity contribution in [3.8, 4) is 0 Å². The number of fused-ring (bicyclic) bond motifs is 4. The van der Waals surface area contributed by atoms with Crippen LogP contribution >= 0.6 is 11.6 Å². The van der Waals surface area contributed by atoms with E-state index in [1.807, 2.05) is 10.7 Å². The Hall–Kier alpha value is -1.63. The van der Waals surface area contributed by atoms with Crippen molar-refractivity contribution >= 4 is 28.5 Å². The van der Waals surface area contributed by atoms with Gasteiger partial charge in [0.1, 0.15) is 0 Å². The Balaban J connectivity index is 1.50. The number of hydrogen-bond donors (Lipinski definition) is 1. The Morgan fingerprint density at radius 2 is 2.20 bits per heavy atom. The average molecular weight is 363 g/mol. The fourth-order valence-electron chi connectivity index (χ4n) is 4.19. The summed E-state index contributed by atoms with van der Waals surface area (Å²) in [4.78, 5) is 14.6. The highest BCUT2D eigenvalue weighted by atomic mass is 35.5. The number of nitrogens with one attached hydrogen (secondary N) is 1. The first kappa shape index (κ1) is 16.8. The van der Waals surface area contributed by atoms with Gasteiger partial charge in [0.25, 0.3) is 0 Å². The molecule has 2 aromatic rings. The monoisotopic (exact) mass is 362 g/mol. The summed E-state index contributed by atoms with van der Waals surface area (Å²) in [6.07, 6.45) is 2.58. The predicted molar refractivity (Wildman–Crippen MR) is 97.0 cm³/mol. The van der Waals surface area contributed by atoms with Crippen LogP contribution in [0.25, 0.3) is 10.9 Å². The molecule has 0 spiro atoms. The van der Waals surface area contributed by atoms with Crippen molar-refractivity contribution in [2.75, 3.05) is 33.3 Å². The lowest BCUT2D eigenvalue weighted by Crippen LogP contribution is -2.56. The third kappa shape index (κ3) is 3.14. The number of nitrogens with zero attached hydrogens (tertiary/aromatic N) is 3. The van der Waals surface area contributed by atoms with Crippen molar-refractivity contribution in [1.29, 1.82) is 0 Å². The molecule has 6 nitrogen and oxygen atoms in total. The number of aromatic nitrogens is 2. The maximum absolute atomic E-state index is 12.1. The molecule has 3 fully saturated rings. The molecule has 7 heteroatoms. The molecule has 1 unspecified atom stereocenters. The number of para-hydroxylation sites is 1. The fourth-order valence-corrected chi connectivity index (χ4v) is 4.43. The molecule has 0 radical (unpaired) electrons. The second-order valence-corrected chi connectivity index (χ2v) is 7.26. The fraction of sp³-hybridized carbons (Fsp3) is 0.556. The predicted octanol–water partition coefficient (Wildman–Crippen LogP) is 2.16. The normalized spacial score (nSPS) is 25.4. The maximum atomic E-state index is 12.1. The minimum Gasteiger partial charge on any atom is -0.465 e. The minimum atomic E-state index is -0.367. The van der Waals surface area contributed by atoms with Crippen molar-refractivity contribution < 1.29 is 9.53 Å². The van der Waals surface area contributed by atoms with Crippen molar-refractivity contribution in [3.63, 3.8) is 0 Å². The summed E-state index contributed by atoms with van der Waals surface area (Å²) >= 11 is 6.27. The highest BCUT2D eigenvalue weighted by Crippen LogP contribution is 2.28. The first-order valence-electron chi connectivity index (χ1n) is 8.86. The topological polar surface area (TPSA) is 59.4 Å². The zero-order chi connectivity index (χ0) is 17.4. The summed E-state index contributed by atoms with van der Waals surface area (Å²) in [5.41, 5.74) is 1.25. The standard InChI is InChI=1S/C18H23ClN4O2/c1-25-18(24)14-4-2-3-13-16(14)23(21-17(13)19)10-7-20-15-11-22-8-5-12(15)6-9-22/h2-4,12,15,20H,5-11H2,1H3. The first-order valence-corrected chi connectivity index (χ1v) is 9.24. The van der Waals surface area contributed by atoms with E-state index in [9.17, 15) is 4.79 Å². The molecular formula is C18H23ClN4O2. The van der Waals surface area contributed by atoms with E-state index in [0.29, 0.717) is 23.3 Å². The van der Waals surface area contributed by atoms with Crippen LogP contribution in [-0.2, 0) is 11.3 Å². The number of esters is 1. The summed E-state index contributed by atoms with van der Waals surface area (Å²) < 4.78 is 6.72. The molecule has 25 heavy (non-hydrogen) atoms. The molecule has 2 bridgehead atoms. The van der Waals surface area contributed by atoms with Gasteiger partial charge in [-0.1, -0.05) is 17.7 Å². The molecule has 3 aliphatic heterocycles. The van der Waals surface area contributed by atoms with E-state index < -0.39 is 0 Å². The van der Waals surface area contributed by atoms with Crippen molar-refractivity contribution in [1.82, 2.24) is 20.0 Å². The maximum Gasteiger partial charge on any atom is 0.340 e. The minimum absolute atomic E-state index is 0.367. The average Bonchev–Trinajstić information content (AvgIpc) is 2.98. The van der Waals surface area contributed by atoms with E-state index >= 15 is 0 Å². The van der Waals surface area contributed by atoms with Crippen LogP contribution < -0.4 is 5.32 Å². The van der Waals surface area contributed by atoms with Crippen molar-refractivity contribution in [3.05, 3.63) is 28.9 Å². The molecule has 0 amide bonds. The number of methoxy groups -OCH3 is 1. The smallest absolute Gasteiger partial charge is 0.340 e. The highest BCUT2D eigenvalue weighted by molar-refractivity contribution is 6.34. The van der Waals surface area contributed by atoms with Gasteiger partial charge in [-0.05, 0) is 44.0 Å². The number of carbonyl (C=O) groups is 1. The van der Waals surface area contributed by atoms with Gasteiger partial charge in [-0.2, -0.15) is 5.10 Å². The van der Waals surface area contributed by atoms with Crippen LogP contribution in [0.4, 0.5) is 0 Å². The van der Waals surface area contributed by atoms with Gasteiger partial charge in [0.15, 0.2) is 5.15 Å². The molecule has 1 atom stereocenters. The number of hydrogen-bond acceptors (Lipinski definition) is 5. The SMILES string of the molecule is COC(=O)c1cccc2c(Cl)nn(CCNC3CN4CCC3CC4)c12. The first-order chi connectivity index (χ1) is 12.2. The summed E-state index contributed by atoms with van der Waals surface area (Å²) in [6, 6.07) is 6.00. The van der Waals surface area contributed by atoms with Crippen LogP contribution in [0.15, 0.2) is 18.2 Å². The van der Waals surface area contributed by atoms with Crippen LogP contribution in [-0.4, -0.2) is 60.0 Å². The van der Waals surface area contributed by atoms with Gasteiger partial charge in [0, 0.05) is 24.5 Å². The molecule has 5 rings (SSSR count). The van der Waals surface area contributed by atoms with Gasteiger partial charge in [-0.25, -0.2) is 4.79 Å². The van der Waals surface area contributed by atoms with Crippen molar-refractivity contribution in [2.24, 2.45) is 5.92 Å². The number of benzene rings is 1. The summed E-state index contributed by atoms with van der Waals surface area (Å²) in [7, 11) is 1.39. The van der Waals surface area contributed by atoms with E-state index in [1.165, 1.54) is 33.0 Å². The molecule has 134 valence electrons. The van der Waals surface area contributed by atoms with Gasteiger partial charge in [-0.15, -0.1) is 0 Å². The molecular weight excluding hydrogens is 340 g/mol. The lowest BCUT2D eigenvalue weighted by Gasteiger charge is -2.45. The van der Waals surface area contributed by atoms with Crippen LogP contribution in [0.1, 0.15) is 23.2 Å². The van der Waals surface area contributed by atoms with Crippen LogP contribution in [0.3, 0.4) is 0 Å². The van der Waals surface area contributed by atoms with E-state index in [2.05, 4.69) is 15.3 Å². The second kappa shape index (κ2) is 6.94. The van der Waals surface area contributed by atoms with Gasteiger partial charge in [-0.3, -0.25) is 4.68 Å². The Morgan fingerprint density at radius 3 is 2.88 bits per heavy atom. The number of carbonyl (C=O) groups excluding carboxylic acids is 1. The number of ether oxygens (including phenoxy) is 1. The third-order valence-electron chi connectivity index (χ3n) is 5.52. The van der Waals surface area contributed by atoms with Gasteiger partial charge in [0.05, 0.1) is 24.7 Å². The molecule has 0 aliphatic carbocycles. The molecule has 3 aliphatic rings. The molecule has 4 heterocycles. The zero-order valence-electron chi connectivity index (χ0n) is 14.4. The van der Waals surface area contributed by atoms with E-state index in [0.717, 1.165) is 29.9 Å². The van der Waals surface area contributed by atoms with E-state index in [4.69, 9.17) is 16.3 Å². The summed E-state index contributed by atoms with van der Waals surface area (Å²) in [5.74, 6) is 0.419. The van der Waals surface area contributed by atoms with Gasteiger partial charge in [0.2, 0.25) is 0 Å². The molecule has 1 aromatic heterocycles. The number of piperidine rings is 3. The largest absolute Gasteiger partial charge is 0.465 e. The quantitative estimate of drug-likeness (QED) is 0.826. The molecule has 1 aromatic carbocycles. The number of rotatable bonds is 5. The second-order valence-electron chi connectivity index (χ2n) is 6.91. The zero-order valence-corrected chi connectivity index (χ0v) is 15.1. The summed E-state index contributed by atoms with van der Waals surface area (Å²) in [6.45, 7) is 5.09. The molecule has 3 saturated heterocycles. The Bertz CT molecular complexity index is 783. The Labute approximate surface area is 152 Å². The van der Waals surface area contributed by atoms with Crippen LogP contribution in [0, 0.1) is 5.92 Å². The van der Waals surface area contributed by atoms with E-state index in [-0.39, 0.29) is 5.97 Å². The lowest BCUT2D eigenvalue weighted by molar-refractivity contribution is 0.0602. The Kier molecular flexibility index (Phi) is 4.67. The van der Waals surface area contributed by atoms with E-state index in [1.54, 1.807) is 12.1 Å². The van der Waals surface area contributed by atoms with Crippen LogP contribution in [0.2, 0.25) is 5.15 Å². The third-order valence-corrected chi connectivity index (χ3v) is 5.80. The van der Waals surface area contributed by atoms with Gasteiger partial charge < -0.3 is 15.0 Å². The molecule has 0 saturated carbocycles. The number of halogens is 1. The molecule has 1 N–H and O–H groups in total. The lowest BCUT2D eigenvalue weighted by atomic mass is 9.84. The van der Waals surface area contributed by atoms with Crippen LogP contribution in [0.5, 0.6) is 0 Å².